The Kier molecular flexibility index (Phi) is 5.04. The maximum Gasteiger partial charge on any atom is 0.314 e. The summed E-state index contributed by atoms with van der Waals surface area (Å²) in [6.45, 7) is 6.58. The van der Waals surface area contributed by atoms with Crippen molar-refractivity contribution >= 4 is 6.03 Å². The molecule has 0 atom stereocenters. The van der Waals surface area contributed by atoms with Gasteiger partial charge in [-0.1, -0.05) is 13.3 Å². The van der Waals surface area contributed by atoms with Gasteiger partial charge in [0.05, 0.1) is 6.20 Å². The van der Waals surface area contributed by atoms with Crippen molar-refractivity contribution in [2.75, 3.05) is 13.1 Å². The van der Waals surface area contributed by atoms with Crippen LogP contribution in [0.3, 0.4) is 0 Å². The van der Waals surface area contributed by atoms with Gasteiger partial charge in [-0.05, 0) is 43.6 Å². The number of carbonyl (C=O) groups is 1. The second kappa shape index (κ2) is 6.77. The summed E-state index contributed by atoms with van der Waals surface area (Å²) >= 11 is 0. The lowest BCUT2D eigenvalue weighted by atomic mass is 9.67. The van der Waals surface area contributed by atoms with Crippen LogP contribution in [0.15, 0.2) is 12.4 Å². The van der Waals surface area contributed by atoms with Gasteiger partial charge in [0.1, 0.15) is 0 Å². The van der Waals surface area contributed by atoms with E-state index in [0.29, 0.717) is 12.0 Å². The molecule has 20 heavy (non-hydrogen) atoms. The zero-order valence-corrected chi connectivity index (χ0v) is 12.6. The number of hydrogen-bond donors (Lipinski definition) is 2. The normalized spacial score (nSPS) is 16.5. The average Bonchev–Trinajstić information content (AvgIpc) is 2.80. The summed E-state index contributed by atoms with van der Waals surface area (Å²) in [6, 6.07) is -0.0404. The number of rotatable bonds is 7. The third-order valence-corrected chi connectivity index (χ3v) is 4.40. The van der Waals surface area contributed by atoms with Gasteiger partial charge >= 0.3 is 6.03 Å². The molecule has 0 aliphatic heterocycles. The first-order chi connectivity index (χ1) is 9.63. The number of nitrogens with one attached hydrogen (secondary N) is 2. The third-order valence-electron chi connectivity index (χ3n) is 4.40. The molecular weight excluding hydrogens is 252 g/mol. The Morgan fingerprint density at radius 2 is 2.25 bits per heavy atom. The molecule has 0 bridgehead atoms. The Labute approximate surface area is 121 Å². The molecule has 0 spiro atoms. The average molecular weight is 278 g/mol. The quantitative estimate of drug-likeness (QED) is 0.753. The highest BCUT2D eigenvalue weighted by molar-refractivity contribution is 5.73. The van der Waals surface area contributed by atoms with Crippen LogP contribution in [0.4, 0.5) is 4.79 Å². The second-order valence-corrected chi connectivity index (χ2v) is 5.95. The van der Waals surface area contributed by atoms with Crippen molar-refractivity contribution in [1.29, 1.82) is 0 Å². The van der Waals surface area contributed by atoms with Crippen molar-refractivity contribution in [3.63, 3.8) is 0 Å². The van der Waals surface area contributed by atoms with Gasteiger partial charge in [-0.2, -0.15) is 5.10 Å². The van der Waals surface area contributed by atoms with Gasteiger partial charge < -0.3 is 10.6 Å². The van der Waals surface area contributed by atoms with Crippen LogP contribution in [0, 0.1) is 12.3 Å². The summed E-state index contributed by atoms with van der Waals surface area (Å²) in [7, 11) is 0. The first-order valence-corrected chi connectivity index (χ1v) is 7.64. The molecule has 2 rings (SSSR count). The SMILES string of the molecule is CCC1(CNC(=O)NCCCn2cc(C)cn2)CCC1. The number of nitrogens with zero attached hydrogens (tertiary/aromatic N) is 2. The molecular formula is C15H26N4O. The molecule has 0 unspecified atom stereocenters. The molecule has 2 N–H and O–H groups in total. The van der Waals surface area contributed by atoms with Crippen LogP contribution in [0.2, 0.25) is 0 Å². The van der Waals surface area contributed by atoms with Gasteiger partial charge in [0.2, 0.25) is 0 Å². The molecule has 112 valence electrons. The smallest absolute Gasteiger partial charge is 0.314 e. The molecule has 5 nitrogen and oxygen atoms in total. The van der Waals surface area contributed by atoms with Gasteiger partial charge in [-0.3, -0.25) is 4.68 Å². The molecule has 1 aliphatic carbocycles. The highest BCUT2D eigenvalue weighted by atomic mass is 16.2. The monoisotopic (exact) mass is 278 g/mol. The lowest BCUT2D eigenvalue weighted by Gasteiger charge is -2.41. The predicted molar refractivity (Wildman–Crippen MR) is 79.6 cm³/mol. The molecule has 5 heteroatoms. The van der Waals surface area contributed by atoms with Gasteiger partial charge in [-0.15, -0.1) is 0 Å². The van der Waals surface area contributed by atoms with E-state index >= 15 is 0 Å². The first kappa shape index (κ1) is 14.9. The van der Waals surface area contributed by atoms with Gasteiger partial charge in [0.25, 0.3) is 0 Å². The second-order valence-electron chi connectivity index (χ2n) is 5.95. The Morgan fingerprint density at radius 3 is 2.80 bits per heavy atom. The van der Waals surface area contributed by atoms with Crippen LogP contribution in [-0.4, -0.2) is 28.9 Å². The number of carbonyl (C=O) groups excluding carboxylic acids is 1. The molecule has 1 saturated carbocycles. The van der Waals surface area contributed by atoms with Crippen molar-refractivity contribution in [3.8, 4) is 0 Å². The highest BCUT2D eigenvalue weighted by Crippen LogP contribution is 2.42. The number of urea groups is 1. The van der Waals surface area contributed by atoms with Crippen LogP contribution in [0.1, 0.15) is 44.6 Å². The Morgan fingerprint density at radius 1 is 1.45 bits per heavy atom. The minimum atomic E-state index is -0.0404. The topological polar surface area (TPSA) is 59.0 Å². The molecule has 1 aromatic heterocycles. The largest absolute Gasteiger partial charge is 0.338 e. The summed E-state index contributed by atoms with van der Waals surface area (Å²) in [5, 5.41) is 10.1. The first-order valence-electron chi connectivity index (χ1n) is 7.64. The van der Waals surface area contributed by atoms with Gasteiger partial charge in [-0.25, -0.2) is 4.79 Å². The van der Waals surface area contributed by atoms with E-state index in [-0.39, 0.29) is 6.03 Å². The molecule has 0 aromatic carbocycles. The molecule has 2 amide bonds. The third kappa shape index (κ3) is 3.99. The van der Waals surface area contributed by atoms with Crippen LogP contribution >= 0.6 is 0 Å². The fraction of sp³-hybridized carbons (Fsp3) is 0.733. The summed E-state index contributed by atoms with van der Waals surface area (Å²) in [5.41, 5.74) is 1.55. The maximum atomic E-state index is 11.7. The summed E-state index contributed by atoms with van der Waals surface area (Å²) in [4.78, 5) is 11.7. The van der Waals surface area contributed by atoms with Crippen molar-refractivity contribution in [3.05, 3.63) is 18.0 Å². The van der Waals surface area contributed by atoms with Crippen molar-refractivity contribution < 1.29 is 4.79 Å². The lowest BCUT2D eigenvalue weighted by Crippen LogP contribution is -2.45. The van der Waals surface area contributed by atoms with E-state index in [0.717, 1.165) is 25.9 Å². The Bertz CT molecular complexity index is 431. The Hall–Kier alpha value is -1.52. The summed E-state index contributed by atoms with van der Waals surface area (Å²) in [5.74, 6) is 0. The molecule has 1 aromatic rings. The highest BCUT2D eigenvalue weighted by Gasteiger charge is 2.35. The summed E-state index contributed by atoms with van der Waals surface area (Å²) in [6.07, 6.45) is 9.73. The number of aromatic nitrogens is 2. The molecule has 1 heterocycles. The van der Waals surface area contributed by atoms with E-state index < -0.39 is 0 Å². The number of hydrogen-bond acceptors (Lipinski definition) is 2. The Balaban J connectivity index is 1.56. The van der Waals surface area contributed by atoms with E-state index in [9.17, 15) is 4.79 Å². The van der Waals surface area contributed by atoms with Crippen LogP contribution in [0.5, 0.6) is 0 Å². The molecule has 1 aliphatic rings. The van der Waals surface area contributed by atoms with Crippen molar-refractivity contribution in [2.45, 2.75) is 52.5 Å². The fourth-order valence-corrected chi connectivity index (χ4v) is 2.69. The lowest BCUT2D eigenvalue weighted by molar-refractivity contribution is 0.126. The van der Waals surface area contributed by atoms with Crippen LogP contribution < -0.4 is 10.6 Å². The fourth-order valence-electron chi connectivity index (χ4n) is 2.69. The molecule has 0 saturated heterocycles. The van der Waals surface area contributed by atoms with E-state index in [2.05, 4.69) is 22.7 Å². The zero-order chi connectivity index (χ0) is 14.4. The van der Waals surface area contributed by atoms with Crippen molar-refractivity contribution in [1.82, 2.24) is 20.4 Å². The minimum Gasteiger partial charge on any atom is -0.338 e. The minimum absolute atomic E-state index is 0.0404. The standard InChI is InChI=1S/C15H26N4O/c1-3-15(6-4-7-15)12-17-14(20)16-8-5-9-19-11-13(2)10-18-19/h10-11H,3-9,12H2,1-2H3,(H2,16,17,20). The zero-order valence-electron chi connectivity index (χ0n) is 12.6. The molecule has 1 fully saturated rings. The van der Waals surface area contributed by atoms with Crippen molar-refractivity contribution in [2.24, 2.45) is 5.41 Å². The van der Waals surface area contributed by atoms with E-state index in [1.807, 2.05) is 24.0 Å². The molecule has 0 radical (unpaired) electrons. The van der Waals surface area contributed by atoms with Crippen LogP contribution in [-0.2, 0) is 6.54 Å². The summed E-state index contributed by atoms with van der Waals surface area (Å²) < 4.78 is 1.91. The van der Waals surface area contributed by atoms with Crippen LogP contribution in [0.25, 0.3) is 0 Å². The predicted octanol–water partition coefficient (Wildman–Crippen LogP) is 2.46. The van der Waals surface area contributed by atoms with E-state index in [4.69, 9.17) is 0 Å². The van der Waals surface area contributed by atoms with E-state index in [1.54, 1.807) is 0 Å². The van der Waals surface area contributed by atoms with E-state index in [1.165, 1.54) is 24.8 Å². The van der Waals surface area contributed by atoms with Gasteiger partial charge in [0.15, 0.2) is 0 Å². The van der Waals surface area contributed by atoms with Gasteiger partial charge in [0, 0.05) is 25.8 Å². The number of aryl methyl sites for hydroxylation is 2. The maximum absolute atomic E-state index is 11.7. The number of amides is 2.